The van der Waals surface area contributed by atoms with E-state index in [0.717, 1.165) is 37.2 Å². The van der Waals surface area contributed by atoms with Gasteiger partial charge < -0.3 is 10.2 Å². The second-order valence-corrected chi connectivity index (χ2v) is 6.24. The lowest BCUT2D eigenvalue weighted by atomic mass is 9.90. The van der Waals surface area contributed by atoms with E-state index in [2.05, 4.69) is 17.3 Å². The summed E-state index contributed by atoms with van der Waals surface area (Å²) in [5.74, 6) is -0.373. The van der Waals surface area contributed by atoms with Crippen LogP contribution in [-0.4, -0.2) is 37.6 Å². The first kappa shape index (κ1) is 16.1. The second kappa shape index (κ2) is 7.20. The summed E-state index contributed by atoms with van der Waals surface area (Å²) in [5, 5.41) is 3.38. The van der Waals surface area contributed by atoms with Crippen molar-refractivity contribution in [1.29, 1.82) is 0 Å². The summed E-state index contributed by atoms with van der Waals surface area (Å²) in [6.07, 6.45) is 1.13. The molecule has 4 heteroatoms. The zero-order chi connectivity index (χ0) is 16.2. The van der Waals surface area contributed by atoms with Crippen LogP contribution in [0.25, 0.3) is 0 Å². The molecule has 0 aliphatic carbocycles. The molecule has 1 saturated heterocycles. The van der Waals surface area contributed by atoms with E-state index in [1.807, 2.05) is 24.3 Å². The second-order valence-electron chi connectivity index (χ2n) is 6.24. The smallest absolute Gasteiger partial charge is 0.123 e. The highest BCUT2D eigenvalue weighted by Gasteiger charge is 2.23. The minimum Gasteiger partial charge on any atom is -0.315 e. The fourth-order valence-corrected chi connectivity index (χ4v) is 3.25. The average Bonchev–Trinajstić information content (AvgIpc) is 3.09. The molecule has 0 amide bonds. The van der Waals surface area contributed by atoms with Crippen LogP contribution in [0, 0.1) is 11.6 Å². The van der Waals surface area contributed by atoms with E-state index in [-0.39, 0.29) is 17.6 Å². The van der Waals surface area contributed by atoms with E-state index >= 15 is 0 Å². The molecule has 1 unspecified atom stereocenters. The van der Waals surface area contributed by atoms with Crippen LogP contribution in [0.1, 0.15) is 23.5 Å². The van der Waals surface area contributed by atoms with Crippen LogP contribution in [0.2, 0.25) is 0 Å². The molecular weight excluding hydrogens is 294 g/mol. The minimum atomic E-state index is -0.236. The number of hydrogen-bond acceptors (Lipinski definition) is 2. The van der Waals surface area contributed by atoms with E-state index in [1.54, 1.807) is 0 Å². The minimum absolute atomic E-state index is 0.0989. The third-order valence-corrected chi connectivity index (χ3v) is 4.67. The lowest BCUT2D eigenvalue weighted by Gasteiger charge is -2.29. The summed E-state index contributed by atoms with van der Waals surface area (Å²) < 4.78 is 26.5. The quantitative estimate of drug-likeness (QED) is 0.909. The highest BCUT2D eigenvalue weighted by atomic mass is 19.1. The fourth-order valence-electron chi connectivity index (χ4n) is 3.25. The molecule has 122 valence electrons. The van der Waals surface area contributed by atoms with Crippen molar-refractivity contribution < 1.29 is 8.78 Å². The summed E-state index contributed by atoms with van der Waals surface area (Å²) in [6, 6.07) is 13.8. The van der Waals surface area contributed by atoms with Crippen molar-refractivity contribution in [3.8, 4) is 0 Å². The van der Waals surface area contributed by atoms with Crippen molar-refractivity contribution in [2.24, 2.45) is 0 Å². The maximum Gasteiger partial charge on any atom is 0.123 e. The molecule has 23 heavy (non-hydrogen) atoms. The molecule has 0 spiro atoms. The SMILES string of the molecule is CN(CC(c1ccc(F)cc1)c1ccc(F)cc1)C1CCNC1. The van der Waals surface area contributed by atoms with Gasteiger partial charge in [0, 0.05) is 25.0 Å². The summed E-state index contributed by atoms with van der Waals surface area (Å²) in [4.78, 5) is 2.34. The number of nitrogens with zero attached hydrogens (tertiary/aromatic N) is 1. The van der Waals surface area contributed by atoms with Crippen molar-refractivity contribution in [3.63, 3.8) is 0 Å². The van der Waals surface area contributed by atoms with Crippen LogP contribution in [-0.2, 0) is 0 Å². The van der Waals surface area contributed by atoms with Gasteiger partial charge in [0.25, 0.3) is 0 Å². The standard InChI is InChI=1S/C19H22F2N2/c1-23(18-10-11-22-12-18)13-19(14-2-6-16(20)7-3-14)15-4-8-17(21)9-5-15/h2-9,18-19,22H,10-13H2,1H3. The van der Waals surface area contributed by atoms with Gasteiger partial charge in [-0.05, 0) is 55.4 Å². The first-order valence-corrected chi connectivity index (χ1v) is 8.05. The van der Waals surface area contributed by atoms with Crippen molar-refractivity contribution in [3.05, 3.63) is 71.3 Å². The average molecular weight is 316 g/mol. The van der Waals surface area contributed by atoms with Crippen molar-refractivity contribution >= 4 is 0 Å². The predicted molar refractivity (Wildman–Crippen MR) is 88.5 cm³/mol. The lowest BCUT2D eigenvalue weighted by molar-refractivity contribution is 0.249. The van der Waals surface area contributed by atoms with Gasteiger partial charge in [-0.25, -0.2) is 8.78 Å². The lowest BCUT2D eigenvalue weighted by Crippen LogP contribution is -2.36. The van der Waals surface area contributed by atoms with Crippen LogP contribution in [0.3, 0.4) is 0 Å². The maximum atomic E-state index is 13.2. The molecule has 1 N–H and O–H groups in total. The molecule has 0 aromatic heterocycles. The van der Waals surface area contributed by atoms with Gasteiger partial charge in [-0.15, -0.1) is 0 Å². The molecule has 1 heterocycles. The van der Waals surface area contributed by atoms with E-state index in [1.165, 1.54) is 24.3 Å². The molecule has 0 radical (unpaired) electrons. The largest absolute Gasteiger partial charge is 0.315 e. The molecular formula is C19H22F2N2. The Hall–Kier alpha value is -1.78. The van der Waals surface area contributed by atoms with Gasteiger partial charge in [0.05, 0.1) is 0 Å². The molecule has 1 aliphatic heterocycles. The van der Waals surface area contributed by atoms with Gasteiger partial charge in [-0.2, -0.15) is 0 Å². The number of benzene rings is 2. The Balaban J connectivity index is 1.86. The van der Waals surface area contributed by atoms with Gasteiger partial charge in [0.15, 0.2) is 0 Å². The summed E-state index contributed by atoms with van der Waals surface area (Å²) in [7, 11) is 2.12. The van der Waals surface area contributed by atoms with Crippen molar-refractivity contribution in [2.45, 2.75) is 18.4 Å². The van der Waals surface area contributed by atoms with Gasteiger partial charge >= 0.3 is 0 Å². The zero-order valence-corrected chi connectivity index (χ0v) is 13.3. The monoisotopic (exact) mass is 316 g/mol. The Kier molecular flexibility index (Phi) is 5.03. The Morgan fingerprint density at radius 2 is 1.52 bits per heavy atom. The predicted octanol–water partition coefficient (Wildman–Crippen LogP) is 3.39. The zero-order valence-electron chi connectivity index (χ0n) is 13.3. The first-order chi connectivity index (χ1) is 11.1. The Labute approximate surface area is 136 Å². The Morgan fingerprint density at radius 1 is 1.00 bits per heavy atom. The van der Waals surface area contributed by atoms with E-state index in [4.69, 9.17) is 0 Å². The van der Waals surface area contributed by atoms with E-state index in [0.29, 0.717) is 6.04 Å². The van der Waals surface area contributed by atoms with Crippen LogP contribution >= 0.6 is 0 Å². The first-order valence-electron chi connectivity index (χ1n) is 8.05. The number of halogens is 2. The maximum absolute atomic E-state index is 13.2. The number of rotatable bonds is 5. The highest BCUT2D eigenvalue weighted by molar-refractivity contribution is 5.33. The third-order valence-electron chi connectivity index (χ3n) is 4.67. The van der Waals surface area contributed by atoms with Gasteiger partial charge in [-0.1, -0.05) is 24.3 Å². The summed E-state index contributed by atoms with van der Waals surface area (Å²) in [5.41, 5.74) is 2.10. The molecule has 0 bridgehead atoms. The van der Waals surface area contributed by atoms with Gasteiger partial charge in [0.2, 0.25) is 0 Å². The number of hydrogen-bond donors (Lipinski definition) is 1. The van der Waals surface area contributed by atoms with Crippen molar-refractivity contribution in [2.75, 3.05) is 26.7 Å². The Morgan fingerprint density at radius 3 is 1.96 bits per heavy atom. The molecule has 3 rings (SSSR count). The van der Waals surface area contributed by atoms with Gasteiger partial charge in [0.1, 0.15) is 11.6 Å². The van der Waals surface area contributed by atoms with Crippen molar-refractivity contribution in [1.82, 2.24) is 10.2 Å². The number of likely N-dealkylation sites (N-methyl/N-ethyl adjacent to an activating group) is 1. The summed E-state index contributed by atoms with van der Waals surface area (Å²) >= 11 is 0. The van der Waals surface area contributed by atoms with E-state index < -0.39 is 0 Å². The fraction of sp³-hybridized carbons (Fsp3) is 0.368. The third kappa shape index (κ3) is 3.95. The Bertz CT molecular complexity index is 573. The molecule has 1 aliphatic rings. The normalized spacial score (nSPS) is 18.0. The molecule has 0 saturated carbocycles. The van der Waals surface area contributed by atoms with Crippen LogP contribution in [0.15, 0.2) is 48.5 Å². The topological polar surface area (TPSA) is 15.3 Å². The van der Waals surface area contributed by atoms with Gasteiger partial charge in [-0.3, -0.25) is 0 Å². The molecule has 1 fully saturated rings. The molecule has 2 aromatic carbocycles. The molecule has 1 atom stereocenters. The van der Waals surface area contributed by atoms with E-state index in [9.17, 15) is 8.78 Å². The molecule has 2 nitrogen and oxygen atoms in total. The highest BCUT2D eigenvalue weighted by Crippen LogP contribution is 2.27. The van der Waals surface area contributed by atoms with Crippen LogP contribution in [0.4, 0.5) is 8.78 Å². The summed E-state index contributed by atoms with van der Waals surface area (Å²) in [6.45, 7) is 2.87. The van der Waals surface area contributed by atoms with Crippen LogP contribution < -0.4 is 5.32 Å². The molecule has 2 aromatic rings. The number of nitrogens with one attached hydrogen (secondary N) is 1. The van der Waals surface area contributed by atoms with Crippen LogP contribution in [0.5, 0.6) is 0 Å².